The summed E-state index contributed by atoms with van der Waals surface area (Å²) in [4.78, 5) is 12.4. The molecule has 0 bridgehead atoms. The van der Waals surface area contributed by atoms with Crippen molar-refractivity contribution in [2.24, 2.45) is 5.73 Å². The summed E-state index contributed by atoms with van der Waals surface area (Å²) in [6.07, 6.45) is 2.98. The molecule has 2 aliphatic heterocycles. The SMILES string of the molecule is CSC(C)(C)c1nc(-c2ccc(CCN)cc2)nc2c1OC[C@@H]1COC[C@@H](C)N21. The van der Waals surface area contributed by atoms with E-state index in [9.17, 15) is 0 Å². The number of anilines is 1. The number of morpholine rings is 1. The maximum absolute atomic E-state index is 6.23. The van der Waals surface area contributed by atoms with Crippen molar-refractivity contribution in [3.63, 3.8) is 0 Å². The van der Waals surface area contributed by atoms with Gasteiger partial charge in [-0.15, -0.1) is 0 Å². The third-order valence-corrected chi connectivity index (χ3v) is 6.99. The minimum atomic E-state index is -0.191. The molecule has 4 rings (SSSR count). The van der Waals surface area contributed by atoms with Gasteiger partial charge in [0.25, 0.3) is 0 Å². The van der Waals surface area contributed by atoms with E-state index in [4.69, 9.17) is 25.2 Å². The molecule has 0 amide bonds. The first-order valence-corrected chi connectivity index (χ1v) is 11.4. The number of ether oxygens (including phenoxy) is 2. The van der Waals surface area contributed by atoms with Crippen LogP contribution in [0.25, 0.3) is 11.4 Å². The van der Waals surface area contributed by atoms with E-state index in [1.165, 1.54) is 5.56 Å². The Morgan fingerprint density at radius 2 is 1.93 bits per heavy atom. The van der Waals surface area contributed by atoms with Crippen molar-refractivity contribution < 1.29 is 9.47 Å². The van der Waals surface area contributed by atoms with Crippen molar-refractivity contribution in [2.75, 3.05) is 37.5 Å². The second-order valence-corrected chi connectivity index (χ2v) is 9.69. The van der Waals surface area contributed by atoms with Crippen LogP contribution in [0.15, 0.2) is 24.3 Å². The van der Waals surface area contributed by atoms with Crippen LogP contribution in [-0.2, 0) is 15.9 Å². The van der Waals surface area contributed by atoms with E-state index in [0.29, 0.717) is 26.4 Å². The smallest absolute Gasteiger partial charge is 0.184 e. The lowest BCUT2D eigenvalue weighted by Gasteiger charge is -2.45. The van der Waals surface area contributed by atoms with Crippen LogP contribution in [-0.4, -0.2) is 54.7 Å². The van der Waals surface area contributed by atoms with Crippen LogP contribution in [0, 0.1) is 0 Å². The summed E-state index contributed by atoms with van der Waals surface area (Å²) in [7, 11) is 0. The summed E-state index contributed by atoms with van der Waals surface area (Å²) < 4.78 is 11.8. The minimum Gasteiger partial charge on any atom is -0.486 e. The number of hydrogen-bond acceptors (Lipinski definition) is 7. The van der Waals surface area contributed by atoms with Crippen LogP contribution in [0.5, 0.6) is 5.75 Å². The van der Waals surface area contributed by atoms with Crippen LogP contribution in [0.2, 0.25) is 0 Å². The molecule has 2 N–H and O–H groups in total. The highest BCUT2D eigenvalue weighted by Gasteiger charge is 2.40. The molecule has 1 aromatic carbocycles. The molecule has 7 heteroatoms. The zero-order valence-electron chi connectivity index (χ0n) is 17.6. The van der Waals surface area contributed by atoms with Crippen molar-refractivity contribution in [2.45, 2.75) is 44.0 Å². The molecule has 1 fully saturated rings. The lowest BCUT2D eigenvalue weighted by molar-refractivity contribution is 0.0482. The van der Waals surface area contributed by atoms with E-state index < -0.39 is 0 Å². The van der Waals surface area contributed by atoms with Crippen molar-refractivity contribution >= 4 is 17.6 Å². The number of fused-ring (bicyclic) bond motifs is 3. The van der Waals surface area contributed by atoms with Gasteiger partial charge in [-0.3, -0.25) is 0 Å². The third-order valence-electron chi connectivity index (χ3n) is 5.78. The number of hydrogen-bond donors (Lipinski definition) is 1. The molecular formula is C22H30N4O2S. The van der Waals surface area contributed by atoms with E-state index in [-0.39, 0.29) is 16.8 Å². The van der Waals surface area contributed by atoms with Crippen molar-refractivity contribution in [1.29, 1.82) is 0 Å². The van der Waals surface area contributed by atoms with Gasteiger partial charge < -0.3 is 20.1 Å². The van der Waals surface area contributed by atoms with Crippen LogP contribution < -0.4 is 15.4 Å². The van der Waals surface area contributed by atoms with E-state index in [1.807, 2.05) is 0 Å². The molecule has 1 aromatic heterocycles. The van der Waals surface area contributed by atoms with Gasteiger partial charge in [-0.05, 0) is 45.6 Å². The Morgan fingerprint density at radius 1 is 1.17 bits per heavy atom. The minimum absolute atomic E-state index is 0.186. The number of thioether (sulfide) groups is 1. The maximum atomic E-state index is 6.23. The van der Waals surface area contributed by atoms with Gasteiger partial charge in [-0.25, -0.2) is 9.97 Å². The van der Waals surface area contributed by atoms with Crippen LogP contribution >= 0.6 is 11.8 Å². The van der Waals surface area contributed by atoms with E-state index in [2.05, 4.69) is 56.2 Å². The Kier molecular flexibility index (Phi) is 5.73. The Hall–Kier alpha value is -1.83. The highest BCUT2D eigenvalue weighted by Crippen LogP contribution is 2.45. The third kappa shape index (κ3) is 3.83. The number of nitrogens with two attached hydrogens (primary N) is 1. The summed E-state index contributed by atoms with van der Waals surface area (Å²) in [5.74, 6) is 2.45. The predicted octanol–water partition coefficient (Wildman–Crippen LogP) is 3.23. The lowest BCUT2D eigenvalue weighted by Crippen LogP contribution is -2.56. The molecule has 0 radical (unpaired) electrons. The zero-order chi connectivity index (χ0) is 20.6. The molecule has 0 aliphatic carbocycles. The Bertz CT molecular complexity index is 872. The fourth-order valence-corrected chi connectivity index (χ4v) is 4.28. The summed E-state index contributed by atoms with van der Waals surface area (Å²) in [6, 6.07) is 8.84. The normalized spacial score (nSPS) is 21.3. The van der Waals surface area contributed by atoms with E-state index in [0.717, 1.165) is 35.1 Å². The van der Waals surface area contributed by atoms with Crippen LogP contribution in [0.3, 0.4) is 0 Å². The fraction of sp³-hybridized carbons (Fsp3) is 0.545. The molecule has 6 nitrogen and oxygen atoms in total. The average Bonchev–Trinajstić information content (AvgIpc) is 2.73. The van der Waals surface area contributed by atoms with E-state index in [1.54, 1.807) is 11.8 Å². The topological polar surface area (TPSA) is 73.5 Å². The fourth-order valence-electron chi connectivity index (χ4n) is 3.95. The summed E-state index contributed by atoms with van der Waals surface area (Å²) in [5.41, 5.74) is 8.87. The molecule has 1 saturated heterocycles. The zero-order valence-corrected chi connectivity index (χ0v) is 18.5. The quantitative estimate of drug-likeness (QED) is 0.805. The lowest BCUT2D eigenvalue weighted by atomic mass is 10.0. The first-order chi connectivity index (χ1) is 13.9. The Morgan fingerprint density at radius 3 is 2.62 bits per heavy atom. The van der Waals surface area contributed by atoms with Gasteiger partial charge in [0.1, 0.15) is 12.3 Å². The van der Waals surface area contributed by atoms with Gasteiger partial charge in [0.15, 0.2) is 17.4 Å². The Balaban J connectivity index is 1.85. The van der Waals surface area contributed by atoms with Gasteiger partial charge in [-0.2, -0.15) is 11.8 Å². The van der Waals surface area contributed by atoms with Gasteiger partial charge in [0.2, 0.25) is 0 Å². The molecule has 2 atom stereocenters. The monoisotopic (exact) mass is 414 g/mol. The summed E-state index contributed by atoms with van der Waals surface area (Å²) in [5, 5.41) is 0. The second kappa shape index (κ2) is 8.13. The average molecular weight is 415 g/mol. The molecule has 0 saturated carbocycles. The number of rotatable bonds is 5. The first-order valence-electron chi connectivity index (χ1n) is 10.2. The number of benzene rings is 1. The number of nitrogens with zero attached hydrogens (tertiary/aromatic N) is 3. The maximum Gasteiger partial charge on any atom is 0.184 e. The van der Waals surface area contributed by atoms with Crippen molar-refractivity contribution in [1.82, 2.24) is 9.97 Å². The highest BCUT2D eigenvalue weighted by molar-refractivity contribution is 7.99. The largest absolute Gasteiger partial charge is 0.486 e. The Labute approximate surface area is 177 Å². The molecule has 3 heterocycles. The van der Waals surface area contributed by atoms with Gasteiger partial charge in [0.05, 0.1) is 30.0 Å². The van der Waals surface area contributed by atoms with Gasteiger partial charge in [-0.1, -0.05) is 24.3 Å². The van der Waals surface area contributed by atoms with Gasteiger partial charge in [0, 0.05) is 5.56 Å². The molecule has 0 unspecified atom stereocenters. The van der Waals surface area contributed by atoms with Crippen molar-refractivity contribution in [3.05, 3.63) is 35.5 Å². The van der Waals surface area contributed by atoms with Crippen LogP contribution in [0.1, 0.15) is 32.0 Å². The standard InChI is InChI=1S/C22H30N4O2S/c1-14-11-27-12-17-13-28-18-19(22(2,3)29-4)24-20(25-21(18)26(14)17)16-7-5-15(6-8-16)9-10-23/h5-8,14,17H,9-13,23H2,1-4H3/t14-,17+/m1/s1. The molecule has 156 valence electrons. The molecule has 0 spiro atoms. The van der Waals surface area contributed by atoms with Crippen molar-refractivity contribution in [3.8, 4) is 17.1 Å². The predicted molar refractivity (Wildman–Crippen MR) is 119 cm³/mol. The second-order valence-electron chi connectivity index (χ2n) is 8.26. The summed E-state index contributed by atoms with van der Waals surface area (Å²) >= 11 is 1.77. The summed E-state index contributed by atoms with van der Waals surface area (Å²) in [6.45, 7) is 9.17. The molecule has 29 heavy (non-hydrogen) atoms. The molecule has 2 aliphatic rings. The van der Waals surface area contributed by atoms with Gasteiger partial charge >= 0.3 is 0 Å². The van der Waals surface area contributed by atoms with E-state index >= 15 is 0 Å². The number of aromatic nitrogens is 2. The highest BCUT2D eigenvalue weighted by atomic mass is 32.2. The van der Waals surface area contributed by atoms with Crippen LogP contribution in [0.4, 0.5) is 5.82 Å². The molecular weight excluding hydrogens is 384 g/mol. The first kappa shape index (κ1) is 20.4. The molecule has 2 aromatic rings.